The number of ether oxygens (including phenoxy) is 1. The van der Waals surface area contributed by atoms with Crippen molar-refractivity contribution < 1.29 is 9.53 Å². The number of aryl methyl sites for hydroxylation is 2. The van der Waals surface area contributed by atoms with Crippen LogP contribution in [0.1, 0.15) is 24.3 Å². The van der Waals surface area contributed by atoms with E-state index in [1.807, 2.05) is 0 Å². The highest BCUT2D eigenvalue weighted by atomic mass is 35.5. The number of carbonyl (C=O) groups excluding carboxylic acids is 1. The summed E-state index contributed by atoms with van der Waals surface area (Å²) in [5, 5.41) is 2.13. The molecule has 0 atom stereocenters. The van der Waals surface area contributed by atoms with Crippen molar-refractivity contribution in [3.63, 3.8) is 0 Å². The number of halogens is 1. The van der Waals surface area contributed by atoms with Gasteiger partial charge < -0.3 is 9.64 Å². The Bertz CT molecular complexity index is 371. The Labute approximate surface area is 118 Å². The van der Waals surface area contributed by atoms with Crippen molar-refractivity contribution >= 4 is 34.5 Å². The van der Waals surface area contributed by atoms with Crippen molar-refractivity contribution in [2.24, 2.45) is 0 Å². The van der Waals surface area contributed by atoms with E-state index in [2.05, 4.69) is 19.2 Å². The number of nitrogens with zero attached hydrogens (tertiary/aromatic N) is 1. The molecule has 18 heavy (non-hydrogen) atoms. The molecule has 0 aromatic carbocycles. The average Bonchev–Trinajstić information content (AvgIpc) is 2.81. The molecule has 1 amide bonds. The first-order valence-corrected chi connectivity index (χ1v) is 7.55. The molecule has 0 saturated carbocycles. The van der Waals surface area contributed by atoms with Gasteiger partial charge in [-0.05, 0) is 23.8 Å². The molecule has 0 aliphatic rings. The molecule has 1 heterocycles. The van der Waals surface area contributed by atoms with Crippen LogP contribution < -0.4 is 4.90 Å². The summed E-state index contributed by atoms with van der Waals surface area (Å²) in [6.07, 6.45) is 1.85. The van der Waals surface area contributed by atoms with Crippen molar-refractivity contribution in [2.45, 2.75) is 26.7 Å². The van der Waals surface area contributed by atoms with Gasteiger partial charge in [-0.3, -0.25) is 4.79 Å². The zero-order chi connectivity index (χ0) is 13.5. The highest BCUT2D eigenvalue weighted by Crippen LogP contribution is 2.33. The monoisotopic (exact) mass is 289 g/mol. The van der Waals surface area contributed by atoms with E-state index >= 15 is 0 Å². The van der Waals surface area contributed by atoms with Crippen LogP contribution in [0.5, 0.6) is 0 Å². The number of thiophene rings is 1. The molecule has 102 valence electrons. The summed E-state index contributed by atoms with van der Waals surface area (Å²) in [6.45, 7) is 5.28. The average molecular weight is 290 g/mol. The number of carbonyl (C=O) groups is 1. The summed E-state index contributed by atoms with van der Waals surface area (Å²) in [7, 11) is 1.64. The molecule has 5 heteroatoms. The van der Waals surface area contributed by atoms with E-state index in [9.17, 15) is 4.79 Å². The number of alkyl halides is 1. The maximum Gasteiger partial charge on any atom is 0.242 e. The fraction of sp³-hybridized carbons (Fsp3) is 0.615. The molecule has 0 N–H and O–H groups in total. The summed E-state index contributed by atoms with van der Waals surface area (Å²) < 4.78 is 5.08. The molecule has 0 saturated heterocycles. The van der Waals surface area contributed by atoms with Crippen molar-refractivity contribution in [1.29, 1.82) is 0 Å². The second-order valence-corrected chi connectivity index (χ2v) is 5.14. The number of rotatable bonds is 7. The highest BCUT2D eigenvalue weighted by Gasteiger charge is 2.21. The quantitative estimate of drug-likeness (QED) is 0.722. The van der Waals surface area contributed by atoms with E-state index in [0.717, 1.165) is 18.5 Å². The first kappa shape index (κ1) is 15.5. The van der Waals surface area contributed by atoms with Crippen LogP contribution in [0.2, 0.25) is 0 Å². The van der Waals surface area contributed by atoms with Gasteiger partial charge in [0.25, 0.3) is 0 Å². The van der Waals surface area contributed by atoms with Gasteiger partial charge in [0.05, 0.1) is 12.3 Å². The van der Waals surface area contributed by atoms with Gasteiger partial charge in [0.15, 0.2) is 0 Å². The molecule has 1 aromatic rings. The topological polar surface area (TPSA) is 29.5 Å². The maximum atomic E-state index is 12.0. The van der Waals surface area contributed by atoms with Gasteiger partial charge in [0.2, 0.25) is 5.91 Å². The lowest BCUT2D eigenvalue weighted by Crippen LogP contribution is -2.35. The first-order valence-electron chi connectivity index (χ1n) is 6.14. The van der Waals surface area contributed by atoms with E-state index in [-0.39, 0.29) is 11.8 Å². The summed E-state index contributed by atoms with van der Waals surface area (Å²) in [5.74, 6) is -0.0530. The van der Waals surface area contributed by atoms with E-state index < -0.39 is 0 Å². The molecule has 0 bridgehead atoms. The number of methoxy groups -OCH3 is 1. The minimum Gasteiger partial charge on any atom is -0.383 e. The smallest absolute Gasteiger partial charge is 0.242 e. The Balaban J connectivity index is 3.09. The van der Waals surface area contributed by atoms with Gasteiger partial charge in [-0.1, -0.05) is 13.8 Å². The Morgan fingerprint density at radius 1 is 1.44 bits per heavy atom. The largest absolute Gasteiger partial charge is 0.383 e. The lowest BCUT2D eigenvalue weighted by atomic mass is 10.1. The van der Waals surface area contributed by atoms with Gasteiger partial charge in [-0.25, -0.2) is 0 Å². The van der Waals surface area contributed by atoms with Crippen molar-refractivity contribution in [2.75, 3.05) is 31.0 Å². The van der Waals surface area contributed by atoms with Crippen LogP contribution in [0.25, 0.3) is 0 Å². The first-order chi connectivity index (χ1) is 8.69. The Kier molecular flexibility index (Phi) is 6.68. The van der Waals surface area contributed by atoms with E-state index in [0.29, 0.717) is 13.2 Å². The van der Waals surface area contributed by atoms with E-state index in [1.165, 1.54) is 10.4 Å². The summed E-state index contributed by atoms with van der Waals surface area (Å²) in [4.78, 5) is 15.0. The molecule has 0 spiro atoms. The molecule has 3 nitrogen and oxygen atoms in total. The molecule has 0 fully saturated rings. The van der Waals surface area contributed by atoms with Gasteiger partial charge >= 0.3 is 0 Å². The van der Waals surface area contributed by atoms with Crippen LogP contribution in [-0.4, -0.2) is 32.0 Å². The fourth-order valence-corrected chi connectivity index (χ4v) is 3.10. The van der Waals surface area contributed by atoms with Gasteiger partial charge in [-0.2, -0.15) is 0 Å². The summed E-state index contributed by atoms with van der Waals surface area (Å²) >= 11 is 7.42. The molecule has 1 rings (SSSR count). The standard InChI is InChI=1S/C13H20ClNO2S/c1-4-10-9-18-11(5-2)13(10)15(6-7-17-3)12(16)8-14/h9H,4-8H2,1-3H3. The van der Waals surface area contributed by atoms with E-state index in [4.69, 9.17) is 16.3 Å². The third kappa shape index (κ3) is 3.46. The fourth-order valence-electron chi connectivity index (χ4n) is 1.87. The van der Waals surface area contributed by atoms with Gasteiger partial charge in [-0.15, -0.1) is 22.9 Å². The Hall–Kier alpha value is -0.580. The zero-order valence-electron chi connectivity index (χ0n) is 11.2. The molecule has 1 aromatic heterocycles. The number of amides is 1. The minimum absolute atomic E-state index is 0.00582. The minimum atomic E-state index is -0.0588. The molecule has 0 aliphatic heterocycles. The van der Waals surface area contributed by atoms with Crippen LogP contribution in [-0.2, 0) is 22.4 Å². The predicted octanol–water partition coefficient (Wildman–Crippen LogP) is 3.09. The number of anilines is 1. The lowest BCUT2D eigenvalue weighted by molar-refractivity contribution is -0.116. The maximum absolute atomic E-state index is 12.0. The second kappa shape index (κ2) is 7.77. The van der Waals surface area contributed by atoms with Crippen LogP contribution in [0, 0.1) is 0 Å². The van der Waals surface area contributed by atoms with Gasteiger partial charge in [0.1, 0.15) is 5.88 Å². The lowest BCUT2D eigenvalue weighted by Gasteiger charge is -2.23. The van der Waals surface area contributed by atoms with Crippen LogP contribution >= 0.6 is 22.9 Å². The van der Waals surface area contributed by atoms with E-state index in [1.54, 1.807) is 23.3 Å². The molecule has 0 aliphatic carbocycles. The van der Waals surface area contributed by atoms with Crippen LogP contribution in [0.3, 0.4) is 0 Å². The third-order valence-electron chi connectivity index (χ3n) is 2.82. The summed E-state index contributed by atoms with van der Waals surface area (Å²) in [6, 6.07) is 0. The highest BCUT2D eigenvalue weighted by molar-refractivity contribution is 7.10. The summed E-state index contributed by atoms with van der Waals surface area (Å²) in [5.41, 5.74) is 2.26. The SMILES string of the molecule is CCc1csc(CC)c1N(CCOC)C(=O)CCl. The van der Waals surface area contributed by atoms with Gasteiger partial charge in [0, 0.05) is 18.5 Å². The molecular formula is C13H20ClNO2S. The van der Waals surface area contributed by atoms with Crippen molar-refractivity contribution in [3.05, 3.63) is 15.8 Å². The Morgan fingerprint density at radius 2 is 2.17 bits per heavy atom. The van der Waals surface area contributed by atoms with Crippen LogP contribution in [0.4, 0.5) is 5.69 Å². The predicted molar refractivity (Wildman–Crippen MR) is 78.0 cm³/mol. The molecule has 0 radical (unpaired) electrons. The van der Waals surface area contributed by atoms with Crippen LogP contribution in [0.15, 0.2) is 5.38 Å². The van der Waals surface area contributed by atoms with Crippen molar-refractivity contribution in [3.8, 4) is 0 Å². The third-order valence-corrected chi connectivity index (χ3v) is 4.22. The number of hydrogen-bond acceptors (Lipinski definition) is 3. The van der Waals surface area contributed by atoms with Crippen molar-refractivity contribution in [1.82, 2.24) is 0 Å². The second-order valence-electron chi connectivity index (χ2n) is 3.91. The number of hydrogen-bond donors (Lipinski definition) is 0. The molecular weight excluding hydrogens is 270 g/mol. The Morgan fingerprint density at radius 3 is 2.67 bits per heavy atom. The molecule has 0 unspecified atom stereocenters. The normalized spacial score (nSPS) is 10.7. The zero-order valence-corrected chi connectivity index (χ0v) is 12.7.